The lowest BCUT2D eigenvalue weighted by Crippen LogP contribution is -2.42. The van der Waals surface area contributed by atoms with E-state index < -0.39 is 0 Å². The summed E-state index contributed by atoms with van der Waals surface area (Å²) in [6.07, 6.45) is 2.18. The fraction of sp³-hybridized carbons (Fsp3) is 0.500. The van der Waals surface area contributed by atoms with Crippen molar-refractivity contribution >= 4 is 11.6 Å². The highest BCUT2D eigenvalue weighted by molar-refractivity contribution is 6.31. The Morgan fingerprint density at radius 3 is 3.06 bits per heavy atom. The average Bonchev–Trinajstić information content (AvgIpc) is 2.25. The second-order valence-corrected chi connectivity index (χ2v) is 4.73. The largest absolute Gasteiger partial charge is 0.327 e. The molecule has 1 atom stereocenters. The molecule has 4 heteroatoms. The number of hydrogen-bond acceptors (Lipinski definition) is 2. The number of hydrogen-bond donors (Lipinski definition) is 1. The van der Waals surface area contributed by atoms with Gasteiger partial charge in [0.25, 0.3) is 0 Å². The Hall–Kier alpha value is -0.640. The third kappa shape index (κ3) is 2.73. The fourth-order valence-electron chi connectivity index (χ4n) is 2.15. The summed E-state index contributed by atoms with van der Waals surface area (Å²) in [4.78, 5) is 2.23. The highest BCUT2D eigenvalue weighted by Crippen LogP contribution is 2.22. The Morgan fingerprint density at radius 2 is 2.31 bits per heavy atom. The van der Waals surface area contributed by atoms with E-state index in [-0.39, 0.29) is 16.9 Å². The van der Waals surface area contributed by atoms with E-state index in [1.165, 1.54) is 6.07 Å². The summed E-state index contributed by atoms with van der Waals surface area (Å²) in [5.41, 5.74) is 6.74. The molecule has 1 fully saturated rings. The number of benzene rings is 1. The van der Waals surface area contributed by atoms with Crippen LogP contribution < -0.4 is 5.73 Å². The second-order valence-electron chi connectivity index (χ2n) is 4.35. The van der Waals surface area contributed by atoms with Gasteiger partial charge in [0.2, 0.25) is 0 Å². The van der Waals surface area contributed by atoms with Crippen molar-refractivity contribution in [3.05, 3.63) is 34.6 Å². The topological polar surface area (TPSA) is 29.3 Å². The van der Waals surface area contributed by atoms with Crippen LogP contribution in [0, 0.1) is 5.82 Å². The summed E-state index contributed by atoms with van der Waals surface area (Å²) in [7, 11) is 0. The van der Waals surface area contributed by atoms with E-state index in [1.54, 1.807) is 6.07 Å². The lowest BCUT2D eigenvalue weighted by Gasteiger charge is -2.30. The van der Waals surface area contributed by atoms with Gasteiger partial charge in [-0.15, -0.1) is 0 Å². The lowest BCUT2D eigenvalue weighted by atomic mass is 10.1. The summed E-state index contributed by atoms with van der Waals surface area (Å²) in [6, 6.07) is 5.18. The lowest BCUT2D eigenvalue weighted by molar-refractivity contribution is 0.201. The molecule has 0 aliphatic carbocycles. The maximum Gasteiger partial charge on any atom is 0.142 e. The molecule has 2 rings (SSSR count). The summed E-state index contributed by atoms with van der Waals surface area (Å²) < 4.78 is 13.2. The molecule has 88 valence electrons. The number of rotatable bonds is 2. The van der Waals surface area contributed by atoms with Crippen molar-refractivity contribution in [2.75, 3.05) is 13.1 Å². The fourth-order valence-corrected chi connectivity index (χ4v) is 2.33. The molecule has 0 bridgehead atoms. The average molecular weight is 243 g/mol. The molecular formula is C12H16ClFN2. The van der Waals surface area contributed by atoms with Crippen molar-refractivity contribution < 1.29 is 4.39 Å². The van der Waals surface area contributed by atoms with Gasteiger partial charge in [-0.05, 0) is 31.0 Å². The van der Waals surface area contributed by atoms with Crippen LogP contribution in [0.2, 0.25) is 5.02 Å². The first-order chi connectivity index (χ1) is 7.66. The van der Waals surface area contributed by atoms with Crippen molar-refractivity contribution in [3.8, 4) is 0 Å². The molecule has 2 nitrogen and oxygen atoms in total. The van der Waals surface area contributed by atoms with E-state index in [2.05, 4.69) is 4.90 Å². The predicted octanol–water partition coefficient (Wildman–Crippen LogP) is 2.40. The predicted molar refractivity (Wildman–Crippen MR) is 63.9 cm³/mol. The van der Waals surface area contributed by atoms with Gasteiger partial charge in [-0.2, -0.15) is 0 Å². The van der Waals surface area contributed by atoms with E-state index in [0.717, 1.165) is 31.5 Å². The minimum atomic E-state index is -0.347. The van der Waals surface area contributed by atoms with E-state index in [4.69, 9.17) is 17.3 Å². The molecule has 1 heterocycles. The maximum absolute atomic E-state index is 13.2. The quantitative estimate of drug-likeness (QED) is 0.863. The zero-order valence-electron chi connectivity index (χ0n) is 9.13. The van der Waals surface area contributed by atoms with Crippen molar-refractivity contribution in [3.63, 3.8) is 0 Å². The third-order valence-electron chi connectivity index (χ3n) is 2.97. The molecule has 2 N–H and O–H groups in total. The van der Waals surface area contributed by atoms with Crippen LogP contribution >= 0.6 is 11.6 Å². The van der Waals surface area contributed by atoms with Crippen LogP contribution in [0.4, 0.5) is 4.39 Å². The van der Waals surface area contributed by atoms with Gasteiger partial charge in [-0.1, -0.05) is 23.7 Å². The molecule has 16 heavy (non-hydrogen) atoms. The van der Waals surface area contributed by atoms with Gasteiger partial charge in [0, 0.05) is 19.1 Å². The number of nitrogens with two attached hydrogens (primary N) is 1. The minimum Gasteiger partial charge on any atom is -0.327 e. The first-order valence-corrected chi connectivity index (χ1v) is 5.95. The highest BCUT2D eigenvalue weighted by atomic mass is 35.5. The van der Waals surface area contributed by atoms with Crippen LogP contribution in [-0.4, -0.2) is 24.0 Å². The highest BCUT2D eigenvalue weighted by Gasteiger charge is 2.18. The normalized spacial score (nSPS) is 22.3. The van der Waals surface area contributed by atoms with Gasteiger partial charge in [0.1, 0.15) is 5.82 Å². The van der Waals surface area contributed by atoms with Crippen LogP contribution in [0.3, 0.4) is 0 Å². The van der Waals surface area contributed by atoms with Gasteiger partial charge >= 0.3 is 0 Å². The molecule has 1 aromatic carbocycles. The van der Waals surface area contributed by atoms with Gasteiger partial charge in [0.15, 0.2) is 0 Å². The Balaban J connectivity index is 2.05. The van der Waals surface area contributed by atoms with E-state index in [9.17, 15) is 4.39 Å². The van der Waals surface area contributed by atoms with Crippen molar-refractivity contribution in [2.45, 2.75) is 25.4 Å². The molecule has 1 aromatic rings. The molecular weight excluding hydrogens is 227 g/mol. The molecule has 0 radical (unpaired) electrons. The number of piperidine rings is 1. The van der Waals surface area contributed by atoms with Gasteiger partial charge in [-0.25, -0.2) is 4.39 Å². The van der Waals surface area contributed by atoms with Crippen molar-refractivity contribution in [1.29, 1.82) is 0 Å². The van der Waals surface area contributed by atoms with Gasteiger partial charge in [-0.3, -0.25) is 4.90 Å². The molecule has 0 saturated carbocycles. The SMILES string of the molecule is NC1CCCN(Cc2cccc(F)c2Cl)C1. The van der Waals surface area contributed by atoms with Crippen LogP contribution in [0.15, 0.2) is 18.2 Å². The van der Waals surface area contributed by atoms with Crippen molar-refractivity contribution in [2.24, 2.45) is 5.73 Å². The van der Waals surface area contributed by atoms with E-state index in [0.29, 0.717) is 6.54 Å². The Labute approximate surface area is 100 Å². The maximum atomic E-state index is 13.2. The second kappa shape index (κ2) is 5.13. The Bertz CT molecular complexity index is 370. The van der Waals surface area contributed by atoms with Crippen LogP contribution in [0.5, 0.6) is 0 Å². The van der Waals surface area contributed by atoms with Crippen LogP contribution in [0.25, 0.3) is 0 Å². The number of likely N-dealkylation sites (tertiary alicyclic amines) is 1. The zero-order chi connectivity index (χ0) is 11.5. The molecule has 1 aliphatic rings. The van der Waals surface area contributed by atoms with E-state index >= 15 is 0 Å². The first-order valence-electron chi connectivity index (χ1n) is 5.57. The molecule has 0 spiro atoms. The van der Waals surface area contributed by atoms with Crippen LogP contribution in [0.1, 0.15) is 18.4 Å². The van der Waals surface area contributed by atoms with Gasteiger partial charge < -0.3 is 5.73 Å². The van der Waals surface area contributed by atoms with E-state index in [1.807, 2.05) is 6.07 Å². The first kappa shape index (κ1) is 11.8. The van der Waals surface area contributed by atoms with Gasteiger partial charge in [0.05, 0.1) is 5.02 Å². The van der Waals surface area contributed by atoms with Crippen molar-refractivity contribution in [1.82, 2.24) is 4.90 Å². The summed E-state index contributed by atoms with van der Waals surface area (Å²) >= 11 is 5.92. The molecule has 1 unspecified atom stereocenters. The van der Waals surface area contributed by atoms with Crippen LogP contribution in [-0.2, 0) is 6.54 Å². The molecule has 0 aromatic heterocycles. The Morgan fingerprint density at radius 1 is 1.50 bits per heavy atom. The summed E-state index contributed by atoms with van der Waals surface area (Å²) in [6.45, 7) is 2.57. The molecule has 0 amide bonds. The Kier molecular flexibility index (Phi) is 3.79. The summed E-state index contributed by atoms with van der Waals surface area (Å²) in [5, 5.41) is 0.238. The summed E-state index contributed by atoms with van der Waals surface area (Å²) in [5.74, 6) is -0.347. The monoisotopic (exact) mass is 242 g/mol. The smallest absolute Gasteiger partial charge is 0.142 e. The molecule has 1 saturated heterocycles. The third-order valence-corrected chi connectivity index (χ3v) is 3.39. The standard InChI is InChI=1S/C12H16ClFN2/c13-12-9(3-1-5-11(12)14)7-16-6-2-4-10(15)8-16/h1,3,5,10H,2,4,6-8,15H2. The number of halogens is 2. The molecule has 1 aliphatic heterocycles. The number of nitrogens with zero attached hydrogens (tertiary/aromatic N) is 1. The minimum absolute atomic E-state index is 0.237. The zero-order valence-corrected chi connectivity index (χ0v) is 9.88.